The summed E-state index contributed by atoms with van der Waals surface area (Å²) in [5, 5.41) is 0. The zero-order chi connectivity index (χ0) is 8.08. The van der Waals surface area contributed by atoms with Crippen molar-refractivity contribution in [1.82, 2.24) is 0 Å². The average molecular weight is 223 g/mol. The van der Waals surface area contributed by atoms with Crippen LogP contribution in [0, 0.1) is 0 Å². The van der Waals surface area contributed by atoms with Crippen molar-refractivity contribution in [3.63, 3.8) is 0 Å². The molecule has 0 aromatic rings. The predicted molar refractivity (Wildman–Crippen MR) is 21.9 cm³/mol. The maximum absolute atomic E-state index is 8.70. The van der Waals surface area contributed by atoms with Gasteiger partial charge in [0.1, 0.15) is 0 Å². The first-order chi connectivity index (χ1) is 3.73. The topological polar surface area (TPSA) is 141 Å². The molecule has 0 bridgehead atoms. The molecule has 11 heteroatoms. The van der Waals surface area contributed by atoms with Gasteiger partial charge in [0.2, 0.25) is 0 Å². The summed E-state index contributed by atoms with van der Waals surface area (Å²) in [6, 6.07) is 0. The molecule has 0 atom stereocenters. The molecular formula is H3Na2O7P2+. The van der Waals surface area contributed by atoms with Crippen molar-refractivity contribution in [3.8, 4) is 0 Å². The third kappa shape index (κ3) is 274. The summed E-state index contributed by atoms with van der Waals surface area (Å²) in [7, 11) is -8.01. The summed E-state index contributed by atoms with van der Waals surface area (Å²) >= 11 is 0. The van der Waals surface area contributed by atoms with Crippen LogP contribution in [0.1, 0.15) is 0 Å². The van der Waals surface area contributed by atoms with Crippen molar-refractivity contribution in [2.24, 2.45) is 0 Å². The summed E-state index contributed by atoms with van der Waals surface area (Å²) in [6.07, 6.45) is 0. The van der Waals surface area contributed by atoms with E-state index in [-0.39, 0.29) is 59.1 Å². The fraction of sp³-hybridized carbons (Fsp3) is 0. The van der Waals surface area contributed by atoms with Gasteiger partial charge in [-0.25, -0.2) is 0 Å². The van der Waals surface area contributed by atoms with E-state index < -0.39 is 16.1 Å². The Balaban J connectivity index is -0.0000000383. The molecule has 7 nitrogen and oxygen atoms in total. The Morgan fingerprint density at radius 2 is 1.18 bits per heavy atom. The van der Waals surface area contributed by atoms with Crippen LogP contribution < -0.4 is 68.9 Å². The minimum absolute atomic E-state index is 0. The SMILES string of the molecule is O=P([O-])([O-])O.O=[P+](O)O.[Na+].[Na+]. The van der Waals surface area contributed by atoms with Crippen LogP contribution in [0.5, 0.6) is 0 Å². The Morgan fingerprint density at radius 3 is 1.18 bits per heavy atom. The number of hydrogen-bond acceptors (Lipinski definition) is 4. The van der Waals surface area contributed by atoms with Gasteiger partial charge in [0.25, 0.3) is 0 Å². The normalized spacial score (nSPS) is 7.73. The molecular weight excluding hydrogens is 220 g/mol. The van der Waals surface area contributed by atoms with Gasteiger partial charge in [-0.15, -0.1) is 9.79 Å². The fourth-order valence-electron chi connectivity index (χ4n) is 0. The van der Waals surface area contributed by atoms with Crippen molar-refractivity contribution in [3.05, 3.63) is 0 Å². The number of hydrogen-bond donors (Lipinski definition) is 3. The van der Waals surface area contributed by atoms with E-state index in [1.165, 1.54) is 0 Å². The molecule has 0 radical (unpaired) electrons. The quantitative estimate of drug-likeness (QED) is 0.273. The zero-order valence-corrected chi connectivity index (χ0v) is 11.7. The Hall–Kier alpha value is 2.13. The van der Waals surface area contributed by atoms with Crippen LogP contribution in [0.4, 0.5) is 0 Å². The zero-order valence-electron chi connectivity index (χ0n) is 5.87. The second-order valence-electron chi connectivity index (χ2n) is 0.721. The minimum Gasteiger partial charge on any atom is -0.790 e. The van der Waals surface area contributed by atoms with Crippen molar-refractivity contribution < 1.29 is 92.7 Å². The molecule has 0 amide bonds. The van der Waals surface area contributed by atoms with Crippen LogP contribution in [0.3, 0.4) is 0 Å². The van der Waals surface area contributed by atoms with Gasteiger partial charge in [-0.05, 0) is 0 Å². The van der Waals surface area contributed by atoms with Crippen LogP contribution in [-0.4, -0.2) is 14.7 Å². The molecule has 0 aliphatic heterocycles. The van der Waals surface area contributed by atoms with E-state index in [1.54, 1.807) is 0 Å². The van der Waals surface area contributed by atoms with Crippen LogP contribution in [0.15, 0.2) is 0 Å². The molecule has 0 fully saturated rings. The average Bonchev–Trinajstić information content (AvgIpc) is 1.19. The van der Waals surface area contributed by atoms with E-state index in [4.69, 9.17) is 33.6 Å². The summed E-state index contributed by atoms with van der Waals surface area (Å²) in [6.45, 7) is 0. The molecule has 0 heterocycles. The standard InChI is InChI=1S/2Na.H3O4P.HO3P/c;;1-5(2,3)4;1-4(2)3/h;;(H3,1,2,3,4);(H-,1,2,3)/q2*+1;;/p-1. The van der Waals surface area contributed by atoms with Crippen molar-refractivity contribution in [2.45, 2.75) is 0 Å². The van der Waals surface area contributed by atoms with E-state index in [0.29, 0.717) is 0 Å². The van der Waals surface area contributed by atoms with E-state index in [0.717, 1.165) is 0 Å². The molecule has 0 aromatic carbocycles. The minimum atomic E-state index is -5.14. The van der Waals surface area contributed by atoms with Crippen LogP contribution in [-0.2, 0) is 9.13 Å². The molecule has 11 heavy (non-hydrogen) atoms. The van der Waals surface area contributed by atoms with Gasteiger partial charge in [0.05, 0.1) is 7.82 Å². The second kappa shape index (κ2) is 12.1. The molecule has 3 N–H and O–H groups in total. The van der Waals surface area contributed by atoms with Crippen LogP contribution >= 0.6 is 16.1 Å². The predicted octanol–water partition coefficient (Wildman–Crippen LogP) is -8.56. The van der Waals surface area contributed by atoms with Crippen LogP contribution in [0.2, 0.25) is 0 Å². The molecule has 56 valence electrons. The Bertz CT molecular complexity index is 114. The fourth-order valence-corrected chi connectivity index (χ4v) is 0. The largest absolute Gasteiger partial charge is 1.00 e. The Kier molecular flexibility index (Phi) is 25.6. The molecule has 0 rings (SSSR count). The third-order valence-corrected chi connectivity index (χ3v) is 0. The number of phosphoric acid groups is 1. The molecule has 0 saturated heterocycles. The van der Waals surface area contributed by atoms with E-state index in [2.05, 4.69) is 0 Å². The maximum atomic E-state index is 8.70. The van der Waals surface area contributed by atoms with E-state index in [1.807, 2.05) is 0 Å². The molecule has 0 aliphatic rings. The third-order valence-electron chi connectivity index (χ3n) is 0. The van der Waals surface area contributed by atoms with Gasteiger partial charge in [0.15, 0.2) is 0 Å². The van der Waals surface area contributed by atoms with Gasteiger partial charge < -0.3 is 19.2 Å². The van der Waals surface area contributed by atoms with Crippen molar-refractivity contribution in [2.75, 3.05) is 0 Å². The summed E-state index contributed by atoms with van der Waals surface area (Å²) in [5.41, 5.74) is 0. The summed E-state index contributed by atoms with van der Waals surface area (Å²) in [5.74, 6) is 0. The summed E-state index contributed by atoms with van der Waals surface area (Å²) in [4.78, 5) is 38.5. The Labute approximate surface area is 108 Å². The van der Waals surface area contributed by atoms with Crippen molar-refractivity contribution >= 4 is 16.1 Å². The van der Waals surface area contributed by atoms with Gasteiger partial charge in [-0.3, -0.25) is 0 Å². The molecule has 0 aromatic heterocycles. The number of rotatable bonds is 0. The van der Waals surface area contributed by atoms with E-state index >= 15 is 0 Å². The molecule has 0 saturated carbocycles. The van der Waals surface area contributed by atoms with Gasteiger partial charge in [-0.1, -0.05) is 0 Å². The van der Waals surface area contributed by atoms with Gasteiger partial charge in [0, 0.05) is 4.57 Å². The monoisotopic (exact) mass is 223 g/mol. The maximum Gasteiger partial charge on any atom is 1.00 e. The van der Waals surface area contributed by atoms with E-state index in [9.17, 15) is 0 Å². The first kappa shape index (κ1) is 23.2. The molecule has 0 unspecified atom stereocenters. The first-order valence-electron chi connectivity index (χ1n) is 1.33. The van der Waals surface area contributed by atoms with Crippen molar-refractivity contribution in [1.29, 1.82) is 0 Å². The van der Waals surface area contributed by atoms with Crippen LogP contribution in [0.25, 0.3) is 0 Å². The van der Waals surface area contributed by atoms with Gasteiger partial charge in [-0.2, -0.15) is 0 Å². The smallest absolute Gasteiger partial charge is 0.790 e. The molecule has 0 spiro atoms. The summed E-state index contributed by atoms with van der Waals surface area (Å²) < 4.78 is 17.4. The Morgan fingerprint density at radius 1 is 1.18 bits per heavy atom. The molecule has 0 aliphatic carbocycles. The first-order valence-corrected chi connectivity index (χ1v) is 3.99. The second-order valence-corrected chi connectivity index (χ2v) is 2.16. The van der Waals surface area contributed by atoms with Gasteiger partial charge >= 0.3 is 67.4 Å².